The third-order valence-corrected chi connectivity index (χ3v) is 4.85. The molecular weight excluding hydrogens is 384 g/mol. The van der Waals surface area contributed by atoms with E-state index in [1.54, 1.807) is 0 Å². The molecule has 6 heteroatoms. The summed E-state index contributed by atoms with van der Waals surface area (Å²) in [5.41, 5.74) is 3.27. The van der Waals surface area contributed by atoms with Crippen molar-refractivity contribution in [2.45, 2.75) is 0 Å². The molecule has 0 saturated carbocycles. The maximum atomic E-state index is 4.15. The first-order valence-electron chi connectivity index (χ1n) is 5.83. The number of hydrogen-bond donors (Lipinski definition) is 0. The molecule has 1 heterocycles. The number of aromatic nitrogens is 4. The lowest BCUT2D eigenvalue weighted by atomic mass is 10.1. The number of hydrogen-bond acceptors (Lipinski definition) is 4. The summed E-state index contributed by atoms with van der Waals surface area (Å²) in [6.45, 7) is 0. The average Bonchev–Trinajstić information content (AvgIpc) is 2.51. The van der Waals surface area contributed by atoms with Crippen molar-refractivity contribution in [3.63, 3.8) is 0 Å². The van der Waals surface area contributed by atoms with E-state index in [2.05, 4.69) is 52.5 Å². The minimum Gasteiger partial charge on any atom is -0.126 e. The van der Waals surface area contributed by atoms with E-state index in [0.29, 0.717) is 11.4 Å². The molecular formula is C14H8Br2N4. The Hall–Kier alpha value is -1.66. The summed E-state index contributed by atoms with van der Waals surface area (Å²) in [6, 6.07) is 15.7. The SMILES string of the molecule is Brc1cccc(-c2nnnnc2-c2ccccc2)c1Br. The van der Waals surface area contributed by atoms with E-state index in [1.165, 1.54) is 0 Å². The van der Waals surface area contributed by atoms with Crippen molar-refractivity contribution in [3.8, 4) is 22.5 Å². The zero-order valence-electron chi connectivity index (χ0n) is 10.2. The highest BCUT2D eigenvalue weighted by Crippen LogP contribution is 2.36. The highest BCUT2D eigenvalue weighted by molar-refractivity contribution is 9.13. The molecule has 4 nitrogen and oxygen atoms in total. The van der Waals surface area contributed by atoms with Crippen LogP contribution in [0.5, 0.6) is 0 Å². The van der Waals surface area contributed by atoms with Crippen LogP contribution in [-0.4, -0.2) is 20.6 Å². The van der Waals surface area contributed by atoms with Gasteiger partial charge in [-0.3, -0.25) is 0 Å². The van der Waals surface area contributed by atoms with Crippen LogP contribution < -0.4 is 0 Å². The second-order valence-corrected chi connectivity index (χ2v) is 5.69. The summed E-state index contributed by atoms with van der Waals surface area (Å²) >= 11 is 7.05. The van der Waals surface area contributed by atoms with Crippen LogP contribution in [0.15, 0.2) is 57.5 Å². The number of nitrogens with zero attached hydrogens (tertiary/aromatic N) is 4. The number of rotatable bonds is 2. The quantitative estimate of drug-likeness (QED) is 0.659. The fourth-order valence-corrected chi connectivity index (χ4v) is 2.70. The molecule has 0 fully saturated rings. The van der Waals surface area contributed by atoms with Crippen molar-refractivity contribution >= 4 is 31.9 Å². The van der Waals surface area contributed by atoms with Crippen molar-refractivity contribution in [2.75, 3.05) is 0 Å². The lowest BCUT2D eigenvalue weighted by Crippen LogP contribution is -1.99. The van der Waals surface area contributed by atoms with Gasteiger partial charge in [0.05, 0.1) is 0 Å². The Bertz CT molecular complexity index is 747. The zero-order valence-corrected chi connectivity index (χ0v) is 13.3. The Labute approximate surface area is 132 Å². The molecule has 0 aliphatic rings. The molecule has 2 aromatic carbocycles. The molecule has 0 spiro atoms. The van der Waals surface area contributed by atoms with Gasteiger partial charge < -0.3 is 0 Å². The molecule has 0 radical (unpaired) electrons. The van der Waals surface area contributed by atoms with Crippen molar-refractivity contribution in [1.29, 1.82) is 0 Å². The largest absolute Gasteiger partial charge is 0.126 e. The minimum atomic E-state index is 0.694. The maximum absolute atomic E-state index is 4.15. The van der Waals surface area contributed by atoms with E-state index in [-0.39, 0.29) is 0 Å². The highest BCUT2D eigenvalue weighted by Gasteiger charge is 2.15. The standard InChI is InChI=1S/C14H8Br2N4/c15-11-8-4-7-10(12(11)16)14-13(17-19-20-18-14)9-5-2-1-3-6-9/h1-8H. The topological polar surface area (TPSA) is 51.6 Å². The molecule has 0 aliphatic heterocycles. The van der Waals surface area contributed by atoms with Gasteiger partial charge >= 0.3 is 0 Å². The van der Waals surface area contributed by atoms with Gasteiger partial charge in [-0.2, -0.15) is 0 Å². The molecule has 3 aromatic rings. The van der Waals surface area contributed by atoms with Gasteiger partial charge in [0.2, 0.25) is 0 Å². The number of halogens is 2. The molecule has 0 atom stereocenters. The Balaban J connectivity index is 2.23. The predicted molar refractivity (Wildman–Crippen MR) is 83.9 cm³/mol. The summed E-state index contributed by atoms with van der Waals surface area (Å²) in [7, 11) is 0. The molecule has 1 aromatic heterocycles. The Morgan fingerprint density at radius 3 is 2.15 bits per heavy atom. The van der Waals surface area contributed by atoms with Gasteiger partial charge in [0.25, 0.3) is 0 Å². The third-order valence-electron chi connectivity index (χ3n) is 2.81. The second-order valence-electron chi connectivity index (χ2n) is 4.04. The van der Waals surface area contributed by atoms with E-state index in [9.17, 15) is 0 Å². The lowest BCUT2D eigenvalue weighted by molar-refractivity contribution is 0.771. The molecule has 20 heavy (non-hydrogen) atoms. The first-order chi connectivity index (χ1) is 9.77. The summed E-state index contributed by atoms with van der Waals surface area (Å²) in [5.74, 6) is 0. The third kappa shape index (κ3) is 2.48. The maximum Gasteiger partial charge on any atom is 0.124 e. The monoisotopic (exact) mass is 390 g/mol. The molecule has 98 valence electrons. The molecule has 0 unspecified atom stereocenters. The predicted octanol–water partition coefficient (Wildman–Crippen LogP) is 4.13. The summed E-state index contributed by atoms with van der Waals surface area (Å²) in [4.78, 5) is 0. The Morgan fingerprint density at radius 2 is 1.40 bits per heavy atom. The van der Waals surface area contributed by atoms with Crippen LogP contribution in [-0.2, 0) is 0 Å². The minimum absolute atomic E-state index is 0.694. The van der Waals surface area contributed by atoms with E-state index >= 15 is 0 Å². The Kier molecular flexibility index (Phi) is 3.84. The number of benzene rings is 2. The fourth-order valence-electron chi connectivity index (χ4n) is 1.88. The molecule has 0 N–H and O–H groups in total. The van der Waals surface area contributed by atoms with Gasteiger partial charge in [-0.1, -0.05) is 42.5 Å². The van der Waals surface area contributed by atoms with Gasteiger partial charge in [0.15, 0.2) is 0 Å². The van der Waals surface area contributed by atoms with E-state index in [0.717, 1.165) is 20.1 Å². The van der Waals surface area contributed by atoms with Gasteiger partial charge in [-0.15, -0.1) is 10.2 Å². The van der Waals surface area contributed by atoms with Crippen molar-refractivity contribution in [2.24, 2.45) is 0 Å². The molecule has 0 bridgehead atoms. The molecule has 0 aliphatic carbocycles. The van der Waals surface area contributed by atoms with Crippen LogP contribution >= 0.6 is 31.9 Å². The highest BCUT2D eigenvalue weighted by atomic mass is 79.9. The van der Waals surface area contributed by atoms with Gasteiger partial charge in [-0.25, -0.2) is 0 Å². The zero-order chi connectivity index (χ0) is 13.9. The molecule has 0 saturated heterocycles. The van der Waals surface area contributed by atoms with Crippen LogP contribution in [0.2, 0.25) is 0 Å². The Morgan fingerprint density at radius 1 is 0.700 bits per heavy atom. The summed E-state index contributed by atoms with van der Waals surface area (Å²) in [5, 5.41) is 15.6. The van der Waals surface area contributed by atoms with Crippen molar-refractivity contribution in [1.82, 2.24) is 20.6 Å². The molecule has 3 rings (SSSR count). The van der Waals surface area contributed by atoms with E-state index in [4.69, 9.17) is 0 Å². The summed E-state index contributed by atoms with van der Waals surface area (Å²) < 4.78 is 1.87. The van der Waals surface area contributed by atoms with Crippen molar-refractivity contribution in [3.05, 3.63) is 57.5 Å². The molecule has 0 amide bonds. The fraction of sp³-hybridized carbons (Fsp3) is 0. The average molecular weight is 392 g/mol. The first kappa shape index (κ1) is 13.3. The van der Waals surface area contributed by atoms with Crippen LogP contribution in [0.4, 0.5) is 0 Å². The van der Waals surface area contributed by atoms with E-state index in [1.807, 2.05) is 48.5 Å². The van der Waals surface area contributed by atoms with Gasteiger partial charge in [-0.05, 0) is 48.4 Å². The smallest absolute Gasteiger partial charge is 0.124 e. The summed E-state index contributed by atoms with van der Waals surface area (Å²) in [6.07, 6.45) is 0. The van der Waals surface area contributed by atoms with Gasteiger partial charge in [0.1, 0.15) is 11.4 Å². The first-order valence-corrected chi connectivity index (χ1v) is 7.42. The van der Waals surface area contributed by atoms with Crippen molar-refractivity contribution < 1.29 is 0 Å². The van der Waals surface area contributed by atoms with Crippen LogP contribution in [0.3, 0.4) is 0 Å². The normalized spacial score (nSPS) is 10.5. The van der Waals surface area contributed by atoms with Gasteiger partial charge in [0, 0.05) is 20.1 Å². The van der Waals surface area contributed by atoms with E-state index < -0.39 is 0 Å². The van der Waals surface area contributed by atoms with Crippen LogP contribution in [0.1, 0.15) is 0 Å². The van der Waals surface area contributed by atoms with Crippen LogP contribution in [0.25, 0.3) is 22.5 Å². The lowest BCUT2D eigenvalue weighted by Gasteiger charge is -2.08. The second kappa shape index (κ2) is 5.76. The van der Waals surface area contributed by atoms with Crippen LogP contribution in [0, 0.1) is 0 Å².